The Labute approximate surface area is 114 Å². The van der Waals surface area contributed by atoms with Crippen molar-refractivity contribution in [1.82, 2.24) is 20.0 Å². The van der Waals surface area contributed by atoms with E-state index in [9.17, 15) is 4.79 Å². The number of rotatable bonds is 7. The molecule has 1 amide bonds. The number of nitrogens with two attached hydrogens (primary N) is 1. The summed E-state index contributed by atoms with van der Waals surface area (Å²) in [6, 6.07) is 0.112. The van der Waals surface area contributed by atoms with Gasteiger partial charge in [0.2, 0.25) is 0 Å². The normalized spacial score (nSPS) is 11.3. The highest BCUT2D eigenvalue weighted by Gasteiger charge is 2.18. The number of carbonyl (C=O) groups excluding carboxylic acids is 1. The van der Waals surface area contributed by atoms with Crippen molar-refractivity contribution < 1.29 is 4.79 Å². The molecule has 1 aromatic heterocycles. The van der Waals surface area contributed by atoms with Gasteiger partial charge in [-0.05, 0) is 26.9 Å². The third kappa shape index (κ3) is 3.96. The van der Waals surface area contributed by atoms with Crippen molar-refractivity contribution in [2.24, 2.45) is 0 Å². The van der Waals surface area contributed by atoms with Gasteiger partial charge in [-0.2, -0.15) is 5.10 Å². The smallest absolute Gasteiger partial charge is 0.271 e. The molecule has 0 atom stereocenters. The van der Waals surface area contributed by atoms with Gasteiger partial charge in [0.15, 0.2) is 0 Å². The average molecular weight is 267 g/mol. The number of nitrogen functional groups attached to an aromatic ring is 1. The van der Waals surface area contributed by atoms with Gasteiger partial charge in [0.25, 0.3) is 5.91 Å². The van der Waals surface area contributed by atoms with Crippen LogP contribution >= 0.6 is 0 Å². The van der Waals surface area contributed by atoms with E-state index < -0.39 is 0 Å². The molecule has 0 unspecified atom stereocenters. The monoisotopic (exact) mass is 267 g/mol. The van der Waals surface area contributed by atoms with Crippen LogP contribution in [0.2, 0.25) is 0 Å². The molecule has 0 radical (unpaired) electrons. The number of likely N-dealkylation sites (N-methyl/N-ethyl adjacent to an activating group) is 1. The van der Waals surface area contributed by atoms with E-state index in [2.05, 4.69) is 29.2 Å². The van der Waals surface area contributed by atoms with E-state index in [1.165, 1.54) is 6.20 Å². The zero-order chi connectivity index (χ0) is 14.4. The number of nitrogens with one attached hydrogen (secondary N) is 1. The number of carbonyl (C=O) groups is 1. The van der Waals surface area contributed by atoms with Gasteiger partial charge in [0.05, 0.1) is 11.9 Å². The highest BCUT2D eigenvalue weighted by Crippen LogP contribution is 2.15. The van der Waals surface area contributed by atoms with Crippen LogP contribution in [0.5, 0.6) is 0 Å². The lowest BCUT2D eigenvalue weighted by Crippen LogP contribution is -2.36. The number of hydrogen-bond acceptors (Lipinski definition) is 4. The molecule has 0 bridgehead atoms. The number of nitrogens with zero attached hydrogens (tertiary/aromatic N) is 3. The topological polar surface area (TPSA) is 76.2 Å². The summed E-state index contributed by atoms with van der Waals surface area (Å²) < 4.78 is 1.65. The fraction of sp³-hybridized carbons (Fsp3) is 0.692. The summed E-state index contributed by atoms with van der Waals surface area (Å²) in [6.45, 7) is 11.6. The Morgan fingerprint density at radius 3 is 2.63 bits per heavy atom. The fourth-order valence-corrected chi connectivity index (χ4v) is 1.95. The second kappa shape index (κ2) is 7.13. The summed E-state index contributed by atoms with van der Waals surface area (Å²) in [5.41, 5.74) is 6.69. The van der Waals surface area contributed by atoms with Crippen LogP contribution in [-0.4, -0.2) is 46.8 Å². The lowest BCUT2D eigenvalue weighted by molar-refractivity contribution is 0.0937. The van der Waals surface area contributed by atoms with Crippen molar-refractivity contribution in [3.8, 4) is 0 Å². The van der Waals surface area contributed by atoms with Crippen molar-refractivity contribution in [3.05, 3.63) is 11.9 Å². The van der Waals surface area contributed by atoms with Gasteiger partial charge in [-0.1, -0.05) is 13.8 Å². The van der Waals surface area contributed by atoms with E-state index in [-0.39, 0.29) is 11.9 Å². The molecule has 1 heterocycles. The van der Waals surface area contributed by atoms with E-state index in [1.54, 1.807) is 4.68 Å². The minimum Gasteiger partial charge on any atom is -0.396 e. The van der Waals surface area contributed by atoms with Gasteiger partial charge in [0.1, 0.15) is 5.69 Å². The Morgan fingerprint density at radius 1 is 1.47 bits per heavy atom. The summed E-state index contributed by atoms with van der Waals surface area (Å²) in [4.78, 5) is 14.4. The second-order valence-corrected chi connectivity index (χ2v) is 4.77. The zero-order valence-corrected chi connectivity index (χ0v) is 12.3. The largest absolute Gasteiger partial charge is 0.396 e. The summed E-state index contributed by atoms with van der Waals surface area (Å²) in [7, 11) is 0. The fourth-order valence-electron chi connectivity index (χ4n) is 1.95. The average Bonchev–Trinajstić information content (AvgIpc) is 2.76. The first kappa shape index (κ1) is 15.5. The third-order valence-corrected chi connectivity index (χ3v) is 3.14. The predicted molar refractivity (Wildman–Crippen MR) is 77.1 cm³/mol. The van der Waals surface area contributed by atoms with Crippen LogP contribution in [0, 0.1) is 0 Å². The van der Waals surface area contributed by atoms with Gasteiger partial charge in [-0.3, -0.25) is 9.48 Å². The van der Waals surface area contributed by atoms with Gasteiger partial charge in [0, 0.05) is 19.1 Å². The molecule has 0 saturated carbocycles. The molecule has 0 spiro atoms. The van der Waals surface area contributed by atoms with Gasteiger partial charge in [-0.25, -0.2) is 0 Å². The Balaban J connectivity index is 2.61. The second-order valence-electron chi connectivity index (χ2n) is 4.77. The Bertz CT molecular complexity index is 409. The van der Waals surface area contributed by atoms with E-state index in [4.69, 9.17) is 5.73 Å². The number of amides is 1. The lowest BCUT2D eigenvalue weighted by atomic mass is 10.3. The molecular formula is C13H25N5O. The van der Waals surface area contributed by atoms with E-state index in [0.29, 0.717) is 17.9 Å². The van der Waals surface area contributed by atoms with Crippen molar-refractivity contribution in [1.29, 1.82) is 0 Å². The van der Waals surface area contributed by atoms with Crippen LogP contribution in [-0.2, 0) is 0 Å². The standard InChI is InChI=1S/C13H25N5O/c1-5-17(6-2)8-7-15-13(19)12-11(14)9-16-18(12)10(3)4/h9-10H,5-8,14H2,1-4H3,(H,15,19). The quantitative estimate of drug-likeness (QED) is 0.776. The summed E-state index contributed by atoms with van der Waals surface area (Å²) >= 11 is 0. The van der Waals surface area contributed by atoms with Crippen molar-refractivity contribution in [2.45, 2.75) is 33.7 Å². The SMILES string of the molecule is CCN(CC)CCNC(=O)c1c(N)cnn1C(C)C. The lowest BCUT2D eigenvalue weighted by Gasteiger charge is -2.18. The van der Waals surface area contributed by atoms with Crippen molar-refractivity contribution in [3.63, 3.8) is 0 Å². The molecule has 0 aliphatic carbocycles. The summed E-state index contributed by atoms with van der Waals surface area (Å²) in [5.74, 6) is -0.157. The highest BCUT2D eigenvalue weighted by molar-refractivity contribution is 5.97. The summed E-state index contributed by atoms with van der Waals surface area (Å²) in [5, 5.41) is 7.03. The highest BCUT2D eigenvalue weighted by atomic mass is 16.2. The first-order valence-corrected chi connectivity index (χ1v) is 6.84. The molecule has 6 nitrogen and oxygen atoms in total. The third-order valence-electron chi connectivity index (χ3n) is 3.14. The van der Waals surface area contributed by atoms with E-state index >= 15 is 0 Å². The molecule has 19 heavy (non-hydrogen) atoms. The Hall–Kier alpha value is -1.56. The minimum atomic E-state index is -0.157. The molecule has 0 aromatic carbocycles. The maximum Gasteiger partial charge on any atom is 0.271 e. The zero-order valence-electron chi connectivity index (χ0n) is 12.3. The summed E-state index contributed by atoms with van der Waals surface area (Å²) in [6.07, 6.45) is 1.53. The Kier molecular flexibility index (Phi) is 5.82. The molecule has 0 aliphatic heterocycles. The van der Waals surface area contributed by atoms with Crippen LogP contribution in [0.3, 0.4) is 0 Å². The van der Waals surface area contributed by atoms with Gasteiger partial charge >= 0.3 is 0 Å². The number of hydrogen-bond donors (Lipinski definition) is 2. The van der Waals surface area contributed by atoms with Gasteiger partial charge in [-0.15, -0.1) is 0 Å². The van der Waals surface area contributed by atoms with Crippen LogP contribution in [0.1, 0.15) is 44.2 Å². The van der Waals surface area contributed by atoms with E-state index in [1.807, 2.05) is 13.8 Å². The first-order valence-electron chi connectivity index (χ1n) is 6.84. The maximum atomic E-state index is 12.1. The molecule has 0 aliphatic rings. The molecular weight excluding hydrogens is 242 g/mol. The molecule has 3 N–H and O–H groups in total. The molecule has 1 aromatic rings. The van der Waals surface area contributed by atoms with Crippen LogP contribution in [0.4, 0.5) is 5.69 Å². The molecule has 0 fully saturated rings. The van der Waals surface area contributed by atoms with Crippen molar-refractivity contribution in [2.75, 3.05) is 31.9 Å². The number of aromatic nitrogens is 2. The van der Waals surface area contributed by atoms with Crippen LogP contribution in [0.15, 0.2) is 6.20 Å². The predicted octanol–water partition coefficient (Wildman–Crippen LogP) is 1.12. The first-order chi connectivity index (χ1) is 9.01. The van der Waals surface area contributed by atoms with E-state index in [0.717, 1.165) is 19.6 Å². The Morgan fingerprint density at radius 2 is 2.11 bits per heavy atom. The maximum absolute atomic E-state index is 12.1. The van der Waals surface area contributed by atoms with Crippen LogP contribution < -0.4 is 11.1 Å². The molecule has 6 heteroatoms. The molecule has 1 rings (SSSR count). The molecule has 0 saturated heterocycles. The van der Waals surface area contributed by atoms with Crippen LogP contribution in [0.25, 0.3) is 0 Å². The molecule has 108 valence electrons. The number of anilines is 1. The van der Waals surface area contributed by atoms with Crippen molar-refractivity contribution >= 4 is 11.6 Å². The van der Waals surface area contributed by atoms with Gasteiger partial charge < -0.3 is 16.0 Å². The minimum absolute atomic E-state index is 0.112.